The maximum Gasteiger partial charge on any atom is 0.0273 e. The quantitative estimate of drug-likeness (QED) is 0.371. The topological polar surface area (TPSA) is 0 Å². The van der Waals surface area contributed by atoms with Crippen LogP contribution in [0.1, 0.15) is 0 Å². The molecule has 3 aromatic rings. The maximum absolute atomic E-state index is 3.55. The summed E-state index contributed by atoms with van der Waals surface area (Å²) in [6.07, 6.45) is 0. The monoisotopic (exact) mass is 344 g/mol. The Morgan fingerprint density at radius 1 is 0.632 bits per heavy atom. The van der Waals surface area contributed by atoms with E-state index in [0.29, 0.717) is 0 Å². The molecule has 1 aliphatic heterocycles. The molecule has 0 saturated heterocycles. The molecule has 4 rings (SSSR count). The second-order valence-electron chi connectivity index (χ2n) is 4.44. The van der Waals surface area contributed by atoms with E-state index in [-0.39, 0.29) is 0 Å². The van der Waals surface area contributed by atoms with Crippen LogP contribution in [-0.4, -0.2) is 0 Å². The zero-order valence-electron chi connectivity index (χ0n) is 9.89. The smallest absolute Gasteiger partial charge is 0.0273 e. The summed E-state index contributed by atoms with van der Waals surface area (Å²) in [5.74, 6) is 0. The van der Waals surface area contributed by atoms with E-state index in [1.807, 2.05) is 23.5 Å². The third kappa shape index (κ3) is 2.10. The Bertz CT molecular complexity index is 796. The summed E-state index contributed by atoms with van der Waals surface area (Å²) in [6, 6.07) is 19.6. The Morgan fingerprint density at radius 3 is 1.89 bits per heavy atom. The summed E-state index contributed by atoms with van der Waals surface area (Å²) in [5.41, 5.74) is 0. The fraction of sp³-hybridized carbons (Fsp3) is 0. The zero-order chi connectivity index (χ0) is 12.8. The molecule has 3 heteroatoms. The molecule has 0 saturated carbocycles. The molecular weight excluding hydrogens is 336 g/mol. The molecule has 1 heterocycles. The minimum atomic E-state index is 1.14. The molecule has 1 aliphatic rings. The third-order valence-electron chi connectivity index (χ3n) is 3.16. The van der Waals surface area contributed by atoms with Crippen LogP contribution in [0.25, 0.3) is 10.8 Å². The second-order valence-corrected chi connectivity index (χ2v) is 7.52. The Balaban J connectivity index is 1.90. The standard InChI is InChI=1S/C16H9BrS2/c17-12-5-6-13-16(9-12)19-15-8-11-4-2-1-3-10(11)7-14(15)18-13/h1-9H. The van der Waals surface area contributed by atoms with Crippen LogP contribution in [0.5, 0.6) is 0 Å². The van der Waals surface area contributed by atoms with Crippen molar-refractivity contribution in [1.29, 1.82) is 0 Å². The summed E-state index contributed by atoms with van der Waals surface area (Å²) in [5, 5.41) is 2.63. The Kier molecular flexibility index (Phi) is 2.87. The lowest BCUT2D eigenvalue weighted by Gasteiger charge is -2.19. The van der Waals surface area contributed by atoms with Crippen molar-refractivity contribution in [2.45, 2.75) is 19.6 Å². The summed E-state index contributed by atoms with van der Waals surface area (Å²) < 4.78 is 1.14. The van der Waals surface area contributed by atoms with Crippen molar-refractivity contribution in [3.63, 3.8) is 0 Å². The van der Waals surface area contributed by atoms with Gasteiger partial charge in [-0.3, -0.25) is 0 Å². The highest BCUT2D eigenvalue weighted by Crippen LogP contribution is 2.50. The number of hydrogen-bond acceptors (Lipinski definition) is 2. The first-order valence-corrected chi connectivity index (χ1v) is 8.40. The van der Waals surface area contributed by atoms with Crippen LogP contribution in [0.15, 0.2) is 78.7 Å². The van der Waals surface area contributed by atoms with Crippen molar-refractivity contribution in [2.24, 2.45) is 0 Å². The fourth-order valence-electron chi connectivity index (χ4n) is 2.24. The van der Waals surface area contributed by atoms with Gasteiger partial charge >= 0.3 is 0 Å². The molecule has 0 amide bonds. The van der Waals surface area contributed by atoms with Crippen LogP contribution in [0.4, 0.5) is 0 Å². The number of halogens is 1. The van der Waals surface area contributed by atoms with Gasteiger partial charge in [-0.05, 0) is 41.1 Å². The van der Waals surface area contributed by atoms with Crippen molar-refractivity contribution in [3.8, 4) is 0 Å². The highest BCUT2D eigenvalue weighted by Gasteiger charge is 2.17. The first-order chi connectivity index (χ1) is 9.29. The van der Waals surface area contributed by atoms with Gasteiger partial charge in [-0.2, -0.15) is 0 Å². The predicted molar refractivity (Wildman–Crippen MR) is 86.3 cm³/mol. The van der Waals surface area contributed by atoms with Gasteiger partial charge in [0.1, 0.15) is 0 Å². The molecule has 0 spiro atoms. The van der Waals surface area contributed by atoms with Gasteiger partial charge in [0.25, 0.3) is 0 Å². The van der Waals surface area contributed by atoms with Gasteiger partial charge in [0.2, 0.25) is 0 Å². The first kappa shape index (κ1) is 11.9. The molecule has 0 fully saturated rings. The van der Waals surface area contributed by atoms with E-state index in [2.05, 4.69) is 70.5 Å². The van der Waals surface area contributed by atoms with E-state index in [9.17, 15) is 0 Å². The van der Waals surface area contributed by atoms with Gasteiger partial charge in [0.15, 0.2) is 0 Å². The van der Waals surface area contributed by atoms with E-state index in [4.69, 9.17) is 0 Å². The maximum atomic E-state index is 3.55. The average molecular weight is 345 g/mol. The Morgan fingerprint density at radius 2 is 1.21 bits per heavy atom. The Hall–Kier alpha value is -0.900. The van der Waals surface area contributed by atoms with Gasteiger partial charge in [-0.1, -0.05) is 63.7 Å². The second kappa shape index (κ2) is 4.58. The van der Waals surface area contributed by atoms with Gasteiger partial charge in [-0.15, -0.1) is 0 Å². The first-order valence-electron chi connectivity index (χ1n) is 5.98. The molecule has 0 nitrogen and oxygen atoms in total. The largest absolute Gasteiger partial charge is 0.0877 e. The van der Waals surface area contributed by atoms with Crippen molar-refractivity contribution >= 4 is 50.2 Å². The lowest BCUT2D eigenvalue weighted by Crippen LogP contribution is -1.89. The van der Waals surface area contributed by atoms with E-state index in [1.165, 1.54) is 30.4 Å². The molecule has 0 bridgehead atoms. The molecule has 0 unspecified atom stereocenters. The van der Waals surface area contributed by atoms with Crippen LogP contribution < -0.4 is 0 Å². The van der Waals surface area contributed by atoms with Crippen LogP contribution in [-0.2, 0) is 0 Å². The van der Waals surface area contributed by atoms with Crippen molar-refractivity contribution in [1.82, 2.24) is 0 Å². The molecular formula is C16H9BrS2. The van der Waals surface area contributed by atoms with Gasteiger partial charge in [-0.25, -0.2) is 0 Å². The molecule has 0 aromatic heterocycles. The lowest BCUT2D eigenvalue weighted by molar-refractivity contribution is 1.16. The SMILES string of the molecule is Brc1ccc2c(c1)Sc1cc3ccccc3cc1S2. The lowest BCUT2D eigenvalue weighted by atomic mass is 10.1. The molecule has 0 aliphatic carbocycles. The molecule has 3 aromatic carbocycles. The van der Waals surface area contributed by atoms with Crippen molar-refractivity contribution in [2.75, 3.05) is 0 Å². The van der Waals surface area contributed by atoms with E-state index in [0.717, 1.165) is 4.47 Å². The number of rotatable bonds is 0. The molecule has 0 N–H and O–H groups in total. The summed E-state index contributed by atoms with van der Waals surface area (Å²) in [4.78, 5) is 5.39. The van der Waals surface area contributed by atoms with Crippen LogP contribution >= 0.6 is 39.5 Å². The third-order valence-corrected chi connectivity index (χ3v) is 6.16. The van der Waals surface area contributed by atoms with Gasteiger partial charge < -0.3 is 0 Å². The van der Waals surface area contributed by atoms with Crippen molar-refractivity contribution in [3.05, 3.63) is 59.1 Å². The average Bonchev–Trinajstić information content (AvgIpc) is 2.43. The summed E-state index contributed by atoms with van der Waals surface area (Å²) in [7, 11) is 0. The van der Waals surface area contributed by atoms with Crippen LogP contribution in [0, 0.1) is 0 Å². The Labute approximate surface area is 128 Å². The molecule has 0 radical (unpaired) electrons. The minimum absolute atomic E-state index is 1.14. The van der Waals surface area contributed by atoms with E-state index >= 15 is 0 Å². The molecule has 92 valence electrons. The predicted octanol–water partition coefficient (Wildman–Crippen LogP) is 6.22. The number of benzene rings is 3. The number of fused-ring (bicyclic) bond motifs is 3. The minimum Gasteiger partial charge on any atom is -0.0877 e. The molecule has 19 heavy (non-hydrogen) atoms. The van der Waals surface area contributed by atoms with Gasteiger partial charge in [0.05, 0.1) is 0 Å². The summed E-state index contributed by atoms with van der Waals surface area (Å²) >= 11 is 7.27. The zero-order valence-corrected chi connectivity index (χ0v) is 13.1. The molecule has 0 atom stereocenters. The highest BCUT2D eigenvalue weighted by atomic mass is 79.9. The van der Waals surface area contributed by atoms with Gasteiger partial charge in [0, 0.05) is 24.1 Å². The normalized spacial score (nSPS) is 13.1. The van der Waals surface area contributed by atoms with E-state index in [1.54, 1.807) is 0 Å². The van der Waals surface area contributed by atoms with E-state index < -0.39 is 0 Å². The fourth-order valence-corrected chi connectivity index (χ4v) is 5.07. The number of hydrogen-bond donors (Lipinski definition) is 0. The highest BCUT2D eigenvalue weighted by molar-refractivity contribution is 9.10. The van der Waals surface area contributed by atoms with Crippen LogP contribution in [0.2, 0.25) is 0 Å². The van der Waals surface area contributed by atoms with Crippen LogP contribution in [0.3, 0.4) is 0 Å². The summed E-state index contributed by atoms with van der Waals surface area (Å²) in [6.45, 7) is 0. The van der Waals surface area contributed by atoms with Crippen molar-refractivity contribution < 1.29 is 0 Å².